The first-order chi connectivity index (χ1) is 14.0. The maximum absolute atomic E-state index is 12.8. The molecule has 0 aromatic heterocycles. The van der Waals surface area contributed by atoms with Crippen molar-refractivity contribution in [2.24, 2.45) is 0 Å². The van der Waals surface area contributed by atoms with Crippen LogP contribution in [0.5, 0.6) is 0 Å². The molecule has 0 saturated carbocycles. The average Bonchev–Trinajstić information content (AvgIpc) is 2.73. The van der Waals surface area contributed by atoms with Crippen molar-refractivity contribution in [3.63, 3.8) is 0 Å². The minimum absolute atomic E-state index is 0.269. The Bertz CT molecular complexity index is 834. The second-order valence-electron chi connectivity index (χ2n) is 6.58. The van der Waals surface area contributed by atoms with Gasteiger partial charge in [0.15, 0.2) is 0 Å². The third-order valence-electron chi connectivity index (χ3n) is 4.26. The third kappa shape index (κ3) is 7.62. The number of nitrogens with one attached hydrogen (secondary N) is 2. The summed E-state index contributed by atoms with van der Waals surface area (Å²) < 4.78 is 4.82. The summed E-state index contributed by atoms with van der Waals surface area (Å²) in [5.74, 6) is -1.30. The highest BCUT2D eigenvalue weighted by molar-refractivity contribution is 5.90. The molecule has 6 heteroatoms. The molecule has 152 valence electrons. The van der Waals surface area contributed by atoms with Crippen LogP contribution in [0, 0.1) is 0 Å². The molecule has 29 heavy (non-hydrogen) atoms. The van der Waals surface area contributed by atoms with Crippen molar-refractivity contribution in [3.05, 3.63) is 77.9 Å². The molecule has 0 heterocycles. The monoisotopic (exact) mass is 394 g/mol. The summed E-state index contributed by atoms with van der Waals surface area (Å²) in [5, 5.41) is 5.35. The predicted octanol–water partition coefficient (Wildman–Crippen LogP) is 2.50. The van der Waals surface area contributed by atoms with Crippen LogP contribution in [0.25, 0.3) is 6.08 Å². The van der Waals surface area contributed by atoms with Gasteiger partial charge in [-0.3, -0.25) is 9.59 Å². The van der Waals surface area contributed by atoms with Crippen molar-refractivity contribution in [2.45, 2.75) is 31.8 Å². The van der Waals surface area contributed by atoms with E-state index in [4.69, 9.17) is 4.74 Å². The predicted molar refractivity (Wildman–Crippen MR) is 112 cm³/mol. The van der Waals surface area contributed by atoms with E-state index in [1.165, 1.54) is 14.0 Å². The van der Waals surface area contributed by atoms with Crippen molar-refractivity contribution in [1.82, 2.24) is 10.6 Å². The molecule has 2 rings (SSSR count). The Morgan fingerprint density at radius 2 is 1.55 bits per heavy atom. The maximum Gasteiger partial charge on any atom is 0.328 e. The normalized spacial score (nSPS) is 12.8. The summed E-state index contributed by atoms with van der Waals surface area (Å²) in [5.41, 5.74) is 1.89. The van der Waals surface area contributed by atoms with Gasteiger partial charge in [0.1, 0.15) is 12.1 Å². The molecule has 0 bridgehead atoms. The molecule has 0 aliphatic carbocycles. The second-order valence-corrected chi connectivity index (χ2v) is 6.58. The number of carbonyl (C=O) groups excluding carboxylic acids is 3. The molecule has 6 nitrogen and oxygen atoms in total. The van der Waals surface area contributed by atoms with Crippen LogP contribution >= 0.6 is 0 Å². The zero-order chi connectivity index (χ0) is 21.1. The molecule has 0 fully saturated rings. The van der Waals surface area contributed by atoms with Gasteiger partial charge in [0.2, 0.25) is 11.8 Å². The number of ether oxygens (including phenoxy) is 1. The van der Waals surface area contributed by atoms with E-state index < -0.39 is 24.0 Å². The molecule has 2 amide bonds. The standard InChI is InChI=1S/C23H26N2O4/c1-17(26)24-21(16-19-12-7-4-8-13-19)22(27)25-20(23(28)29-2)15-9-14-18-10-5-3-6-11-18/h3-14,20-21H,15-16H2,1-2H3,(H,24,26)(H,25,27)/b14-9+/t20-,21-/m1/s1. The lowest BCUT2D eigenvalue weighted by molar-refractivity contribution is -0.145. The van der Waals surface area contributed by atoms with E-state index >= 15 is 0 Å². The van der Waals surface area contributed by atoms with Gasteiger partial charge in [-0.05, 0) is 17.5 Å². The fraction of sp³-hybridized carbons (Fsp3) is 0.261. The zero-order valence-corrected chi connectivity index (χ0v) is 16.6. The number of hydrogen-bond acceptors (Lipinski definition) is 4. The number of esters is 1. The lowest BCUT2D eigenvalue weighted by atomic mass is 10.0. The van der Waals surface area contributed by atoms with Gasteiger partial charge in [-0.25, -0.2) is 4.79 Å². The molecule has 0 spiro atoms. The van der Waals surface area contributed by atoms with Crippen LogP contribution in [-0.4, -0.2) is 37.0 Å². The highest BCUT2D eigenvalue weighted by atomic mass is 16.5. The molecule has 2 aromatic carbocycles. The minimum Gasteiger partial charge on any atom is -0.467 e. The lowest BCUT2D eigenvalue weighted by Crippen LogP contribution is -2.52. The Balaban J connectivity index is 2.07. The molecule has 0 aliphatic heterocycles. The number of hydrogen-bond donors (Lipinski definition) is 2. The van der Waals surface area contributed by atoms with Crippen molar-refractivity contribution < 1.29 is 19.1 Å². The Morgan fingerprint density at radius 1 is 0.931 bits per heavy atom. The molecule has 2 N–H and O–H groups in total. The number of methoxy groups -OCH3 is 1. The Morgan fingerprint density at radius 3 is 2.14 bits per heavy atom. The smallest absolute Gasteiger partial charge is 0.328 e. The summed E-state index contributed by atoms with van der Waals surface area (Å²) >= 11 is 0. The summed E-state index contributed by atoms with van der Waals surface area (Å²) in [6.07, 6.45) is 4.27. The summed E-state index contributed by atoms with van der Waals surface area (Å²) in [6.45, 7) is 1.35. The number of carbonyl (C=O) groups is 3. The highest BCUT2D eigenvalue weighted by Crippen LogP contribution is 2.07. The zero-order valence-electron chi connectivity index (χ0n) is 16.6. The van der Waals surface area contributed by atoms with Crippen molar-refractivity contribution >= 4 is 23.9 Å². The summed E-state index contributed by atoms with van der Waals surface area (Å²) in [6, 6.07) is 17.4. The first-order valence-electron chi connectivity index (χ1n) is 9.40. The van der Waals surface area contributed by atoms with E-state index in [1.807, 2.05) is 72.8 Å². The minimum atomic E-state index is -0.848. The lowest BCUT2D eigenvalue weighted by Gasteiger charge is -2.21. The highest BCUT2D eigenvalue weighted by Gasteiger charge is 2.26. The first kappa shape index (κ1) is 21.9. The summed E-state index contributed by atoms with van der Waals surface area (Å²) in [7, 11) is 1.28. The molecule has 2 atom stereocenters. The van der Waals surface area contributed by atoms with Crippen LogP contribution in [0.2, 0.25) is 0 Å². The van der Waals surface area contributed by atoms with Crippen molar-refractivity contribution in [1.29, 1.82) is 0 Å². The van der Waals surface area contributed by atoms with Crippen LogP contribution in [0.4, 0.5) is 0 Å². The van der Waals surface area contributed by atoms with Gasteiger partial charge < -0.3 is 15.4 Å². The maximum atomic E-state index is 12.8. The quantitative estimate of drug-likeness (QED) is 0.640. The molecule has 2 aromatic rings. The van der Waals surface area contributed by atoms with Gasteiger partial charge >= 0.3 is 5.97 Å². The Labute approximate surface area is 171 Å². The van der Waals surface area contributed by atoms with Gasteiger partial charge in [-0.15, -0.1) is 0 Å². The van der Waals surface area contributed by atoms with E-state index in [2.05, 4.69) is 10.6 Å². The number of benzene rings is 2. The van der Waals surface area contributed by atoms with Gasteiger partial charge in [0.25, 0.3) is 0 Å². The van der Waals surface area contributed by atoms with Gasteiger partial charge in [0, 0.05) is 13.3 Å². The fourth-order valence-electron chi connectivity index (χ4n) is 2.84. The largest absolute Gasteiger partial charge is 0.467 e. The Kier molecular flexibility index (Phi) is 8.63. The third-order valence-corrected chi connectivity index (χ3v) is 4.26. The van der Waals surface area contributed by atoms with Gasteiger partial charge in [-0.2, -0.15) is 0 Å². The molecular formula is C23H26N2O4. The Hall–Kier alpha value is -3.41. The summed E-state index contributed by atoms with van der Waals surface area (Å²) in [4.78, 5) is 36.5. The van der Waals surface area contributed by atoms with E-state index in [9.17, 15) is 14.4 Å². The van der Waals surface area contributed by atoms with Crippen LogP contribution in [-0.2, 0) is 25.5 Å². The molecular weight excluding hydrogens is 368 g/mol. The van der Waals surface area contributed by atoms with E-state index in [-0.39, 0.29) is 12.3 Å². The van der Waals surface area contributed by atoms with E-state index in [1.54, 1.807) is 0 Å². The van der Waals surface area contributed by atoms with Gasteiger partial charge in [0.05, 0.1) is 7.11 Å². The SMILES string of the molecule is COC(=O)[C@@H](C/C=C/c1ccccc1)NC(=O)[C@@H](Cc1ccccc1)NC(C)=O. The van der Waals surface area contributed by atoms with Gasteiger partial charge in [-0.1, -0.05) is 72.8 Å². The van der Waals surface area contributed by atoms with Crippen LogP contribution in [0.15, 0.2) is 66.7 Å². The van der Waals surface area contributed by atoms with Crippen molar-refractivity contribution in [2.75, 3.05) is 7.11 Å². The molecule has 0 radical (unpaired) electrons. The van der Waals surface area contributed by atoms with E-state index in [0.29, 0.717) is 6.42 Å². The molecule has 0 unspecified atom stereocenters. The first-order valence-corrected chi connectivity index (χ1v) is 9.40. The average molecular weight is 394 g/mol. The molecule has 0 aliphatic rings. The van der Waals surface area contributed by atoms with Crippen LogP contribution in [0.1, 0.15) is 24.5 Å². The fourth-order valence-corrected chi connectivity index (χ4v) is 2.84. The second kappa shape index (κ2) is 11.4. The van der Waals surface area contributed by atoms with Crippen molar-refractivity contribution in [3.8, 4) is 0 Å². The van der Waals surface area contributed by atoms with Crippen LogP contribution < -0.4 is 10.6 Å². The van der Waals surface area contributed by atoms with E-state index in [0.717, 1.165) is 11.1 Å². The number of amides is 2. The topological polar surface area (TPSA) is 84.5 Å². The van der Waals surface area contributed by atoms with Crippen LogP contribution in [0.3, 0.4) is 0 Å². The number of rotatable bonds is 9. The molecule has 0 saturated heterocycles.